The van der Waals surface area contributed by atoms with Crippen LogP contribution in [-0.4, -0.2) is 26.1 Å². The quantitative estimate of drug-likeness (QED) is 0.871. The van der Waals surface area contributed by atoms with Crippen LogP contribution in [0, 0.1) is 0 Å². The Kier molecular flexibility index (Phi) is 4.28. The van der Waals surface area contributed by atoms with Gasteiger partial charge in [0.1, 0.15) is 6.04 Å². The molecular weight excluding hydrogens is 312 g/mol. The van der Waals surface area contributed by atoms with E-state index < -0.39 is 12.0 Å². The van der Waals surface area contributed by atoms with Gasteiger partial charge in [0.25, 0.3) is 0 Å². The Balaban J connectivity index is 2.13. The number of hydrogen-bond donors (Lipinski definition) is 2. The molecule has 6 nitrogen and oxygen atoms in total. The summed E-state index contributed by atoms with van der Waals surface area (Å²) in [7, 11) is 1.76. The van der Waals surface area contributed by atoms with Gasteiger partial charge in [-0.1, -0.05) is 39.3 Å². The lowest BCUT2D eigenvalue weighted by atomic mass is 10.1. The Morgan fingerprint density at radius 3 is 2.84 bits per heavy atom. The van der Waals surface area contributed by atoms with Crippen LogP contribution in [0.4, 0.5) is 0 Å². The van der Waals surface area contributed by atoms with Gasteiger partial charge in [0.2, 0.25) is 0 Å². The molecule has 2 rings (SSSR count). The van der Waals surface area contributed by atoms with Gasteiger partial charge in [-0.3, -0.25) is 14.8 Å². The van der Waals surface area contributed by atoms with Crippen LogP contribution in [0.2, 0.25) is 0 Å². The van der Waals surface area contributed by atoms with E-state index >= 15 is 0 Å². The molecule has 0 saturated heterocycles. The highest BCUT2D eigenvalue weighted by molar-refractivity contribution is 9.10. The third-order valence-corrected chi connectivity index (χ3v) is 3.32. The lowest BCUT2D eigenvalue weighted by Gasteiger charge is -2.15. The van der Waals surface area contributed by atoms with E-state index in [-0.39, 0.29) is 0 Å². The third kappa shape index (κ3) is 3.39. The summed E-state index contributed by atoms with van der Waals surface area (Å²) in [5.74, 6) is -0.934. The summed E-state index contributed by atoms with van der Waals surface area (Å²) in [5.41, 5.74) is 1.37. The normalized spacial score (nSPS) is 12.3. The minimum atomic E-state index is -0.934. The van der Waals surface area contributed by atoms with Gasteiger partial charge in [-0.05, 0) is 11.6 Å². The summed E-state index contributed by atoms with van der Waals surface area (Å²) < 4.78 is 2.33. The van der Waals surface area contributed by atoms with Crippen LogP contribution in [0.3, 0.4) is 0 Å². The fourth-order valence-electron chi connectivity index (χ4n) is 1.72. The van der Waals surface area contributed by atoms with Crippen molar-refractivity contribution >= 4 is 21.9 Å². The van der Waals surface area contributed by atoms with Crippen LogP contribution in [0.15, 0.2) is 34.9 Å². The van der Waals surface area contributed by atoms with E-state index in [4.69, 9.17) is 0 Å². The minimum absolute atomic E-state index is 0.339. The van der Waals surface area contributed by atoms with Crippen molar-refractivity contribution in [3.63, 3.8) is 0 Å². The van der Waals surface area contributed by atoms with Gasteiger partial charge in [-0.15, -0.1) is 5.10 Å². The number of carboxylic acid groups (broad SMARTS) is 1. The van der Waals surface area contributed by atoms with E-state index in [1.165, 1.54) is 0 Å². The number of nitrogens with one attached hydrogen (secondary N) is 1. The molecule has 0 saturated carbocycles. The molecule has 0 bridgehead atoms. The second kappa shape index (κ2) is 5.94. The van der Waals surface area contributed by atoms with E-state index in [0.717, 1.165) is 4.47 Å². The smallest absolute Gasteiger partial charge is 0.325 e. The molecule has 7 heteroatoms. The number of benzene rings is 1. The number of rotatable bonds is 5. The van der Waals surface area contributed by atoms with Crippen LogP contribution in [0.5, 0.6) is 0 Å². The Hall–Kier alpha value is -1.73. The fourth-order valence-corrected chi connectivity index (χ4v) is 2.24. The zero-order valence-corrected chi connectivity index (χ0v) is 11.8. The largest absolute Gasteiger partial charge is 0.480 e. The van der Waals surface area contributed by atoms with Gasteiger partial charge >= 0.3 is 5.97 Å². The molecule has 1 atom stereocenters. The molecule has 100 valence electrons. The lowest BCUT2D eigenvalue weighted by Crippen LogP contribution is -2.28. The standard InChI is InChI=1S/C12H13BrN4O2/c1-17-7-8(15-16-17)6-14-11(12(18)19)9-4-2-3-5-10(9)13/h2-5,7,11,14H,6H2,1H3,(H,18,19). The van der Waals surface area contributed by atoms with Gasteiger partial charge in [0, 0.05) is 24.3 Å². The predicted octanol–water partition coefficient (Wildman–Crippen LogP) is 1.49. The van der Waals surface area contributed by atoms with Crippen LogP contribution in [0.25, 0.3) is 0 Å². The van der Waals surface area contributed by atoms with Crippen molar-refractivity contribution in [3.8, 4) is 0 Å². The number of carbonyl (C=O) groups is 1. The molecule has 1 aromatic heterocycles. The predicted molar refractivity (Wildman–Crippen MR) is 72.4 cm³/mol. The fraction of sp³-hybridized carbons (Fsp3) is 0.250. The molecule has 0 spiro atoms. The molecule has 0 fully saturated rings. The average Bonchev–Trinajstić information content (AvgIpc) is 2.77. The topological polar surface area (TPSA) is 80.0 Å². The molecule has 0 aliphatic heterocycles. The SMILES string of the molecule is Cn1cc(CNC(C(=O)O)c2ccccc2Br)nn1. The number of aromatic nitrogens is 3. The first-order valence-corrected chi connectivity index (χ1v) is 6.43. The van der Waals surface area contributed by atoms with Gasteiger partial charge in [-0.25, -0.2) is 0 Å². The second-order valence-electron chi connectivity index (χ2n) is 4.06. The number of hydrogen-bond acceptors (Lipinski definition) is 4. The van der Waals surface area contributed by atoms with Crippen LogP contribution >= 0.6 is 15.9 Å². The van der Waals surface area contributed by atoms with Crippen LogP contribution < -0.4 is 5.32 Å². The number of halogens is 1. The highest BCUT2D eigenvalue weighted by Gasteiger charge is 2.21. The zero-order chi connectivity index (χ0) is 13.8. The van der Waals surface area contributed by atoms with Gasteiger partial charge in [0.15, 0.2) is 0 Å². The Morgan fingerprint density at radius 2 is 2.26 bits per heavy atom. The lowest BCUT2D eigenvalue weighted by molar-refractivity contribution is -0.139. The highest BCUT2D eigenvalue weighted by atomic mass is 79.9. The molecule has 1 unspecified atom stereocenters. The van der Waals surface area contributed by atoms with E-state index in [1.54, 1.807) is 30.1 Å². The Labute approximate surface area is 118 Å². The first-order chi connectivity index (χ1) is 9.08. The van der Waals surface area contributed by atoms with Crippen molar-refractivity contribution in [1.82, 2.24) is 20.3 Å². The molecule has 1 aromatic carbocycles. The maximum Gasteiger partial charge on any atom is 0.325 e. The summed E-state index contributed by atoms with van der Waals surface area (Å²) in [4.78, 5) is 11.4. The highest BCUT2D eigenvalue weighted by Crippen LogP contribution is 2.23. The Morgan fingerprint density at radius 1 is 1.53 bits per heavy atom. The molecule has 2 N–H and O–H groups in total. The Bertz CT molecular complexity index is 585. The van der Waals surface area contributed by atoms with E-state index in [9.17, 15) is 9.90 Å². The zero-order valence-electron chi connectivity index (χ0n) is 10.2. The molecule has 0 aliphatic rings. The van der Waals surface area contributed by atoms with Gasteiger partial charge in [-0.2, -0.15) is 0 Å². The molecule has 0 amide bonds. The van der Waals surface area contributed by atoms with Crippen molar-refractivity contribution in [2.75, 3.05) is 0 Å². The molecule has 19 heavy (non-hydrogen) atoms. The summed E-state index contributed by atoms with van der Waals surface area (Å²) in [6, 6.07) is 6.44. The first kappa shape index (κ1) is 13.7. The van der Waals surface area contributed by atoms with Gasteiger partial charge < -0.3 is 5.11 Å². The number of carboxylic acids is 1. The molecule has 1 heterocycles. The van der Waals surface area contributed by atoms with Crippen molar-refractivity contribution in [3.05, 3.63) is 46.2 Å². The summed E-state index contributed by atoms with van der Waals surface area (Å²) >= 11 is 3.36. The third-order valence-electron chi connectivity index (χ3n) is 2.60. The number of aliphatic carboxylic acids is 1. The van der Waals surface area contributed by atoms with Crippen molar-refractivity contribution in [2.24, 2.45) is 7.05 Å². The van der Waals surface area contributed by atoms with Crippen LogP contribution in [-0.2, 0) is 18.4 Å². The summed E-state index contributed by atoms with van der Waals surface area (Å²) in [6.07, 6.45) is 1.74. The van der Waals surface area contributed by atoms with Crippen molar-refractivity contribution in [2.45, 2.75) is 12.6 Å². The maximum absolute atomic E-state index is 11.4. The van der Waals surface area contributed by atoms with Crippen LogP contribution in [0.1, 0.15) is 17.3 Å². The summed E-state index contributed by atoms with van der Waals surface area (Å²) in [6.45, 7) is 0.339. The monoisotopic (exact) mass is 324 g/mol. The van der Waals surface area contributed by atoms with Crippen molar-refractivity contribution < 1.29 is 9.90 Å². The van der Waals surface area contributed by atoms with E-state index in [1.807, 2.05) is 12.1 Å². The minimum Gasteiger partial charge on any atom is -0.480 e. The van der Waals surface area contributed by atoms with Crippen molar-refractivity contribution in [1.29, 1.82) is 0 Å². The van der Waals surface area contributed by atoms with E-state index in [2.05, 4.69) is 31.6 Å². The summed E-state index contributed by atoms with van der Waals surface area (Å²) in [5, 5.41) is 20.0. The number of nitrogens with zero attached hydrogens (tertiary/aromatic N) is 3. The molecule has 0 aliphatic carbocycles. The maximum atomic E-state index is 11.4. The molecular formula is C12H13BrN4O2. The molecule has 2 aromatic rings. The first-order valence-electron chi connectivity index (χ1n) is 5.63. The van der Waals surface area contributed by atoms with E-state index in [0.29, 0.717) is 17.8 Å². The molecule has 0 radical (unpaired) electrons. The second-order valence-corrected chi connectivity index (χ2v) is 4.91. The average molecular weight is 325 g/mol. The van der Waals surface area contributed by atoms with Gasteiger partial charge in [0.05, 0.1) is 5.69 Å². The number of aryl methyl sites for hydroxylation is 1.